The van der Waals surface area contributed by atoms with Gasteiger partial charge in [0.25, 0.3) is 0 Å². The largest absolute Gasteiger partial charge is 0.507 e. The molecule has 4 nitrogen and oxygen atoms in total. The Labute approximate surface area is 123 Å². The first kappa shape index (κ1) is 15.7. The Morgan fingerprint density at radius 3 is 2.18 bits per heavy atom. The van der Waals surface area contributed by atoms with Crippen molar-refractivity contribution in [3.05, 3.63) is 47.5 Å². The van der Waals surface area contributed by atoms with Gasteiger partial charge in [0, 0.05) is 0 Å². The summed E-state index contributed by atoms with van der Waals surface area (Å²) < 4.78 is 43.6. The summed E-state index contributed by atoms with van der Waals surface area (Å²) >= 11 is 0. The van der Waals surface area contributed by atoms with E-state index in [1.807, 2.05) is 0 Å². The van der Waals surface area contributed by atoms with E-state index in [9.17, 15) is 23.1 Å². The summed E-state index contributed by atoms with van der Waals surface area (Å²) in [6.07, 6.45) is -4.59. The number of halogens is 3. The van der Waals surface area contributed by atoms with E-state index in [4.69, 9.17) is 5.11 Å². The summed E-state index contributed by atoms with van der Waals surface area (Å²) in [5, 5.41) is 18.4. The first-order valence-corrected chi connectivity index (χ1v) is 6.06. The molecule has 2 aromatic rings. The lowest BCUT2D eigenvalue weighted by Gasteiger charge is -2.14. The van der Waals surface area contributed by atoms with Crippen LogP contribution >= 0.6 is 0 Å². The normalized spacial score (nSPS) is 11.3. The fourth-order valence-corrected chi connectivity index (χ4v) is 2.00. The SMILES string of the molecule is COc1ccc(-c2ccc(C(=O)O)c(O)c2)cc1C(F)(F)F. The summed E-state index contributed by atoms with van der Waals surface area (Å²) in [5.41, 5.74) is -0.835. The zero-order valence-electron chi connectivity index (χ0n) is 11.3. The van der Waals surface area contributed by atoms with Crippen LogP contribution in [0.15, 0.2) is 36.4 Å². The number of hydrogen-bond donors (Lipinski definition) is 2. The number of benzene rings is 2. The summed E-state index contributed by atoms with van der Waals surface area (Å²) in [6, 6.07) is 7.00. The fourth-order valence-electron chi connectivity index (χ4n) is 2.00. The van der Waals surface area contributed by atoms with Gasteiger partial charge >= 0.3 is 12.1 Å². The van der Waals surface area contributed by atoms with E-state index < -0.39 is 23.5 Å². The second-order valence-electron chi connectivity index (χ2n) is 4.45. The number of phenols is 1. The van der Waals surface area contributed by atoms with E-state index in [2.05, 4.69) is 4.74 Å². The number of methoxy groups -OCH3 is 1. The van der Waals surface area contributed by atoms with Crippen LogP contribution in [0.1, 0.15) is 15.9 Å². The molecule has 0 aliphatic rings. The number of aromatic hydroxyl groups is 1. The fraction of sp³-hybridized carbons (Fsp3) is 0.133. The third-order valence-electron chi connectivity index (χ3n) is 3.07. The lowest BCUT2D eigenvalue weighted by molar-refractivity contribution is -0.138. The highest BCUT2D eigenvalue weighted by Crippen LogP contribution is 2.39. The van der Waals surface area contributed by atoms with Gasteiger partial charge in [-0.25, -0.2) is 4.79 Å². The second kappa shape index (κ2) is 5.59. The van der Waals surface area contributed by atoms with Crippen LogP contribution in [0.2, 0.25) is 0 Å². The maximum atomic E-state index is 13.0. The van der Waals surface area contributed by atoms with Crippen LogP contribution in [-0.4, -0.2) is 23.3 Å². The number of alkyl halides is 3. The maximum absolute atomic E-state index is 13.0. The van der Waals surface area contributed by atoms with E-state index in [0.29, 0.717) is 0 Å². The van der Waals surface area contributed by atoms with Crippen molar-refractivity contribution in [2.75, 3.05) is 7.11 Å². The summed E-state index contributed by atoms with van der Waals surface area (Å²) in [7, 11) is 1.14. The predicted octanol–water partition coefficient (Wildman–Crippen LogP) is 3.78. The minimum atomic E-state index is -4.59. The number of carboxylic acids is 1. The van der Waals surface area contributed by atoms with Crippen LogP contribution in [0, 0.1) is 0 Å². The molecular formula is C15H11F3O4. The topological polar surface area (TPSA) is 66.8 Å². The lowest BCUT2D eigenvalue weighted by atomic mass is 10.0. The molecule has 0 atom stereocenters. The summed E-state index contributed by atoms with van der Waals surface area (Å²) in [5.74, 6) is -2.16. The van der Waals surface area contributed by atoms with Crippen molar-refractivity contribution in [3.8, 4) is 22.6 Å². The smallest absolute Gasteiger partial charge is 0.419 e. The Kier molecular flexibility index (Phi) is 3.99. The molecule has 0 heterocycles. The van der Waals surface area contributed by atoms with Crippen LogP contribution in [0.3, 0.4) is 0 Å². The van der Waals surface area contributed by atoms with Gasteiger partial charge in [0.05, 0.1) is 12.7 Å². The van der Waals surface area contributed by atoms with Gasteiger partial charge in [0.1, 0.15) is 17.1 Å². The van der Waals surface area contributed by atoms with Gasteiger partial charge in [-0.2, -0.15) is 13.2 Å². The van der Waals surface area contributed by atoms with E-state index in [1.54, 1.807) is 0 Å². The van der Waals surface area contributed by atoms with E-state index in [0.717, 1.165) is 25.3 Å². The maximum Gasteiger partial charge on any atom is 0.419 e. The van der Waals surface area contributed by atoms with E-state index in [1.165, 1.54) is 18.2 Å². The molecule has 0 aromatic heterocycles. The van der Waals surface area contributed by atoms with Crippen molar-refractivity contribution >= 4 is 5.97 Å². The van der Waals surface area contributed by atoms with Gasteiger partial charge < -0.3 is 14.9 Å². The highest BCUT2D eigenvalue weighted by Gasteiger charge is 2.34. The van der Waals surface area contributed by atoms with Crippen LogP contribution < -0.4 is 4.74 Å². The molecule has 7 heteroatoms. The molecule has 2 rings (SSSR count). The molecule has 0 aliphatic heterocycles. The standard InChI is InChI=1S/C15H11F3O4/c1-22-13-5-3-8(6-11(13)15(16,17)18)9-2-4-10(14(20)21)12(19)7-9/h2-7,19H,1H3,(H,20,21). The van der Waals surface area contributed by atoms with Crippen molar-refractivity contribution in [2.24, 2.45) is 0 Å². The molecule has 0 saturated heterocycles. The molecule has 0 fully saturated rings. The van der Waals surface area contributed by atoms with Gasteiger partial charge in [0.2, 0.25) is 0 Å². The van der Waals surface area contributed by atoms with Gasteiger partial charge in [-0.3, -0.25) is 0 Å². The average molecular weight is 312 g/mol. The molecule has 0 saturated carbocycles. The van der Waals surface area contributed by atoms with E-state index >= 15 is 0 Å². The van der Waals surface area contributed by atoms with Crippen LogP contribution in [0.5, 0.6) is 11.5 Å². The Morgan fingerprint density at radius 2 is 1.68 bits per heavy atom. The molecule has 22 heavy (non-hydrogen) atoms. The summed E-state index contributed by atoms with van der Waals surface area (Å²) in [6.45, 7) is 0. The molecule has 0 amide bonds. The Morgan fingerprint density at radius 1 is 1.09 bits per heavy atom. The monoisotopic (exact) mass is 312 g/mol. The first-order valence-electron chi connectivity index (χ1n) is 6.06. The summed E-state index contributed by atoms with van der Waals surface area (Å²) in [4.78, 5) is 10.8. The van der Waals surface area contributed by atoms with E-state index in [-0.39, 0.29) is 22.4 Å². The Hall–Kier alpha value is -2.70. The molecule has 0 spiro atoms. The zero-order chi connectivity index (χ0) is 16.5. The van der Waals surface area contributed by atoms with Gasteiger partial charge in [-0.1, -0.05) is 12.1 Å². The number of hydrogen-bond acceptors (Lipinski definition) is 3. The Balaban J connectivity index is 2.54. The third kappa shape index (κ3) is 2.98. The highest BCUT2D eigenvalue weighted by atomic mass is 19.4. The number of aromatic carboxylic acids is 1. The van der Waals surface area contributed by atoms with Crippen molar-refractivity contribution < 1.29 is 32.9 Å². The molecule has 0 unspecified atom stereocenters. The second-order valence-corrected chi connectivity index (χ2v) is 4.45. The molecule has 0 bridgehead atoms. The molecule has 0 aliphatic carbocycles. The van der Waals surface area contributed by atoms with Crippen molar-refractivity contribution in [1.82, 2.24) is 0 Å². The number of ether oxygens (including phenoxy) is 1. The number of carboxylic acid groups (broad SMARTS) is 1. The van der Waals surface area contributed by atoms with Crippen molar-refractivity contribution in [3.63, 3.8) is 0 Å². The zero-order valence-corrected chi connectivity index (χ0v) is 11.3. The molecule has 0 radical (unpaired) electrons. The molecule has 2 N–H and O–H groups in total. The first-order chi connectivity index (χ1) is 10.2. The van der Waals surface area contributed by atoms with Crippen molar-refractivity contribution in [1.29, 1.82) is 0 Å². The molecule has 2 aromatic carbocycles. The molecule has 116 valence electrons. The van der Waals surface area contributed by atoms with Crippen LogP contribution in [0.4, 0.5) is 13.2 Å². The van der Waals surface area contributed by atoms with Gasteiger partial charge in [0.15, 0.2) is 0 Å². The quantitative estimate of drug-likeness (QED) is 0.905. The predicted molar refractivity (Wildman–Crippen MR) is 72.1 cm³/mol. The van der Waals surface area contributed by atoms with Crippen LogP contribution in [-0.2, 0) is 6.18 Å². The van der Waals surface area contributed by atoms with Crippen LogP contribution in [0.25, 0.3) is 11.1 Å². The number of carbonyl (C=O) groups is 1. The average Bonchev–Trinajstić information content (AvgIpc) is 2.45. The minimum absolute atomic E-state index is 0.181. The lowest BCUT2D eigenvalue weighted by Crippen LogP contribution is -2.07. The van der Waals surface area contributed by atoms with Crippen molar-refractivity contribution in [2.45, 2.75) is 6.18 Å². The number of rotatable bonds is 3. The van der Waals surface area contributed by atoms with Gasteiger partial charge in [-0.15, -0.1) is 0 Å². The Bertz CT molecular complexity index is 723. The third-order valence-corrected chi connectivity index (χ3v) is 3.07. The van der Waals surface area contributed by atoms with Gasteiger partial charge in [-0.05, 0) is 35.4 Å². The molecular weight excluding hydrogens is 301 g/mol. The highest BCUT2D eigenvalue weighted by molar-refractivity contribution is 5.91. The minimum Gasteiger partial charge on any atom is -0.507 e.